The molecule has 5 heterocycles. The fourth-order valence-corrected chi connectivity index (χ4v) is 7.76. The third-order valence-electron chi connectivity index (χ3n) is 9.05. The second-order valence-corrected chi connectivity index (χ2v) is 14.1. The number of anilines is 2. The highest BCUT2D eigenvalue weighted by molar-refractivity contribution is 7.59. The second-order valence-electron chi connectivity index (χ2n) is 12.4. The summed E-state index contributed by atoms with van der Waals surface area (Å²) in [5.41, 5.74) is 7.90. The molecule has 1 atom stereocenters. The summed E-state index contributed by atoms with van der Waals surface area (Å²) in [6, 6.07) is 17.2. The number of pyridine rings is 1. The number of hydrogen-bond donors (Lipinski definition) is 3. The van der Waals surface area contributed by atoms with Crippen LogP contribution in [-0.2, 0) is 16.0 Å². The molecule has 2 aliphatic heterocycles. The van der Waals surface area contributed by atoms with E-state index in [1.165, 1.54) is 4.88 Å². The molecule has 2 aliphatic rings. The van der Waals surface area contributed by atoms with Crippen molar-refractivity contribution in [2.75, 3.05) is 23.7 Å². The topological polar surface area (TPSA) is 126 Å². The average molecular weight is 727 g/mol. The molecule has 0 radical (unpaired) electrons. The zero-order valence-electron chi connectivity index (χ0n) is 28.1. The Morgan fingerprint density at radius 1 is 1.02 bits per heavy atom. The lowest BCUT2D eigenvalue weighted by molar-refractivity contribution is -0.121. The van der Waals surface area contributed by atoms with Crippen LogP contribution >= 0.6 is 36.4 Å². The Morgan fingerprint density at radius 3 is 2.62 bits per heavy atom. The van der Waals surface area contributed by atoms with Gasteiger partial charge in [-0.2, -0.15) is 13.5 Å². The van der Waals surface area contributed by atoms with Crippen LogP contribution in [0, 0.1) is 20.8 Å². The summed E-state index contributed by atoms with van der Waals surface area (Å²) in [5, 5.41) is 20.0. The van der Waals surface area contributed by atoms with Crippen LogP contribution in [0.3, 0.4) is 0 Å². The summed E-state index contributed by atoms with van der Waals surface area (Å²) in [4.78, 5) is 36.1. The van der Waals surface area contributed by atoms with Crippen molar-refractivity contribution in [2.45, 2.75) is 58.9 Å². The lowest BCUT2D eigenvalue weighted by Crippen LogP contribution is -2.26. The van der Waals surface area contributed by atoms with Gasteiger partial charge in [0.1, 0.15) is 22.7 Å². The molecule has 0 spiro atoms. The molecule has 0 bridgehead atoms. The number of nitrogens with one attached hydrogen (secondary N) is 3. The van der Waals surface area contributed by atoms with Crippen molar-refractivity contribution in [3.63, 3.8) is 0 Å². The monoisotopic (exact) mass is 726 g/mol. The lowest BCUT2D eigenvalue weighted by atomic mass is 9.99. The summed E-state index contributed by atoms with van der Waals surface area (Å²) in [6.45, 7) is 7.50. The molecule has 2 amide bonds. The van der Waals surface area contributed by atoms with E-state index in [0.717, 1.165) is 87.2 Å². The van der Waals surface area contributed by atoms with E-state index in [-0.39, 0.29) is 31.7 Å². The Hall–Kier alpha value is -4.52. The van der Waals surface area contributed by atoms with Gasteiger partial charge in [-0.25, -0.2) is 4.98 Å². The third kappa shape index (κ3) is 7.19. The van der Waals surface area contributed by atoms with Crippen molar-refractivity contribution in [1.29, 1.82) is 0 Å². The predicted octanol–water partition coefficient (Wildman–Crippen LogP) is 7.26. The fourth-order valence-electron chi connectivity index (χ4n) is 6.42. The molecule has 0 saturated heterocycles. The minimum absolute atomic E-state index is 0. The van der Waals surface area contributed by atoms with Crippen LogP contribution in [0.4, 0.5) is 11.5 Å². The van der Waals surface area contributed by atoms with E-state index in [0.29, 0.717) is 23.8 Å². The number of hydrogen-bond acceptors (Lipinski definition) is 8. The first-order valence-electron chi connectivity index (χ1n) is 16.5. The van der Waals surface area contributed by atoms with E-state index in [1.807, 2.05) is 55.5 Å². The summed E-state index contributed by atoms with van der Waals surface area (Å²) < 4.78 is 2.06. The molecular weight excluding hydrogens is 688 g/mol. The van der Waals surface area contributed by atoms with Crippen molar-refractivity contribution in [2.24, 2.45) is 4.99 Å². The first kappa shape index (κ1) is 35.3. The predicted molar refractivity (Wildman–Crippen MR) is 206 cm³/mol. The number of benzene rings is 2. The van der Waals surface area contributed by atoms with Gasteiger partial charge in [0.25, 0.3) is 0 Å². The maximum atomic E-state index is 13.3. The van der Waals surface area contributed by atoms with Gasteiger partial charge < -0.3 is 16.0 Å². The molecule has 5 aromatic rings. The van der Waals surface area contributed by atoms with Gasteiger partial charge in [0, 0.05) is 51.6 Å². The number of unbranched alkanes of at least 4 members (excludes halogenated alkanes) is 2. The Labute approximate surface area is 307 Å². The number of rotatable bonds is 11. The number of thiophene rings is 1. The van der Waals surface area contributed by atoms with Crippen LogP contribution in [0.25, 0.3) is 16.1 Å². The van der Waals surface area contributed by atoms with Crippen LogP contribution in [0.1, 0.15) is 70.5 Å². The van der Waals surface area contributed by atoms with Crippen molar-refractivity contribution >= 4 is 65.5 Å². The molecule has 0 unspecified atom stereocenters. The van der Waals surface area contributed by atoms with Gasteiger partial charge in [-0.05, 0) is 93.1 Å². The Bertz CT molecular complexity index is 2090. The van der Waals surface area contributed by atoms with Gasteiger partial charge >= 0.3 is 0 Å². The molecule has 50 heavy (non-hydrogen) atoms. The van der Waals surface area contributed by atoms with Gasteiger partial charge in [-0.15, -0.1) is 21.5 Å². The van der Waals surface area contributed by atoms with Crippen LogP contribution in [-0.4, -0.2) is 50.4 Å². The summed E-state index contributed by atoms with van der Waals surface area (Å²) in [5.74, 6) is 2.21. The highest BCUT2D eigenvalue weighted by Gasteiger charge is 2.32. The molecule has 3 N–H and O–H groups in total. The largest absolute Gasteiger partial charge is 0.370 e. The average Bonchev–Trinajstić information content (AvgIpc) is 3.73. The van der Waals surface area contributed by atoms with Crippen molar-refractivity contribution in [1.82, 2.24) is 25.1 Å². The van der Waals surface area contributed by atoms with E-state index < -0.39 is 6.04 Å². The maximum Gasteiger partial charge on any atom is 0.228 e. The number of fused-ring (bicyclic) bond motifs is 4. The molecule has 7 rings (SSSR count). The van der Waals surface area contributed by atoms with E-state index >= 15 is 0 Å². The van der Waals surface area contributed by atoms with Crippen LogP contribution in [0.5, 0.6) is 0 Å². The van der Waals surface area contributed by atoms with E-state index in [9.17, 15) is 9.59 Å². The Balaban J connectivity index is 0.00000432. The van der Waals surface area contributed by atoms with Gasteiger partial charge in [-0.3, -0.25) is 19.1 Å². The van der Waals surface area contributed by atoms with Crippen LogP contribution in [0.2, 0.25) is 5.02 Å². The van der Waals surface area contributed by atoms with Gasteiger partial charge in [0.05, 0.1) is 18.6 Å². The van der Waals surface area contributed by atoms with E-state index in [4.69, 9.17) is 16.6 Å². The van der Waals surface area contributed by atoms with Crippen molar-refractivity contribution in [3.05, 3.63) is 105 Å². The number of carbonyl (C=O) groups excluding carboxylic acids is 2. The van der Waals surface area contributed by atoms with E-state index in [2.05, 4.69) is 55.6 Å². The molecule has 0 saturated carbocycles. The quantitative estimate of drug-likeness (QED) is 0.123. The molecular formula is C37H39ClN8O2S2. The lowest BCUT2D eigenvalue weighted by Gasteiger charge is -2.13. The number of nitrogens with zero attached hydrogens (tertiary/aromatic N) is 5. The molecule has 3 aromatic heterocycles. The number of aryl methyl sites for hydroxylation is 2. The normalized spacial score (nSPS) is 14.4. The standard InChI is InChI=1S/C37H37ClN8O2S.H2S/c1-21-22(2)49-37-33(21)34(24-9-12-27(38)13-10-24)43-30(36-45-44-23(3)46(36)37)20-31(47)39-15-5-4-6-16-40-35-28(8-7-17-41-35)25-11-14-29-26(18-25)19-32(48)42-29;/h7-14,17-18,30H,4-6,15-16,19-20H2,1-3H3,(H,39,47)(H,40,41)(H,42,48);1H2/t30-;/m0./s1. The van der Waals surface area contributed by atoms with Crippen molar-refractivity contribution in [3.8, 4) is 16.1 Å². The van der Waals surface area contributed by atoms with Crippen LogP contribution in [0.15, 0.2) is 65.8 Å². The number of aromatic nitrogens is 4. The van der Waals surface area contributed by atoms with Gasteiger partial charge in [-0.1, -0.05) is 29.8 Å². The highest BCUT2D eigenvalue weighted by atomic mass is 35.5. The fraction of sp³-hybridized carbons (Fsp3) is 0.297. The second kappa shape index (κ2) is 15.2. The van der Waals surface area contributed by atoms with Gasteiger partial charge in [0.15, 0.2) is 5.82 Å². The van der Waals surface area contributed by atoms with Gasteiger partial charge in [0.2, 0.25) is 11.8 Å². The summed E-state index contributed by atoms with van der Waals surface area (Å²) in [6.07, 6.45) is 5.06. The smallest absolute Gasteiger partial charge is 0.228 e. The molecule has 13 heteroatoms. The molecule has 0 fully saturated rings. The first-order valence-corrected chi connectivity index (χ1v) is 17.7. The zero-order valence-corrected chi connectivity index (χ0v) is 30.7. The number of aliphatic imine (C=N–C) groups is 1. The molecule has 2 aromatic carbocycles. The SMILES string of the molecule is Cc1sc2c(c1C)C(c1ccc(Cl)cc1)=N[C@@H](CC(=O)NCCCCCNc1ncccc1-c1ccc3c(c1)CC(=O)N3)c1nnc(C)n1-2.S. The molecule has 258 valence electrons. The minimum atomic E-state index is -0.495. The number of amides is 2. The number of halogens is 1. The van der Waals surface area contributed by atoms with Crippen LogP contribution < -0.4 is 16.0 Å². The maximum absolute atomic E-state index is 13.3. The van der Waals surface area contributed by atoms with E-state index in [1.54, 1.807) is 17.5 Å². The molecule has 10 nitrogen and oxygen atoms in total. The number of carbonyl (C=O) groups is 2. The molecule has 0 aliphatic carbocycles. The first-order chi connectivity index (χ1) is 23.8. The third-order valence-corrected chi connectivity index (χ3v) is 10.5. The Kier molecular flexibility index (Phi) is 10.7. The summed E-state index contributed by atoms with van der Waals surface area (Å²) in [7, 11) is 0. The Morgan fingerprint density at radius 2 is 1.80 bits per heavy atom. The summed E-state index contributed by atoms with van der Waals surface area (Å²) >= 11 is 7.92. The highest BCUT2D eigenvalue weighted by Crippen LogP contribution is 2.39. The van der Waals surface area contributed by atoms with Crippen molar-refractivity contribution < 1.29 is 9.59 Å². The zero-order chi connectivity index (χ0) is 34.1. The minimum Gasteiger partial charge on any atom is -0.370 e.